The molecule has 36 heavy (non-hydrogen) atoms. The first kappa shape index (κ1) is 31.7. The molecule has 0 saturated carbocycles. The zero-order valence-electron chi connectivity index (χ0n) is 22.1. The number of rotatable bonds is 8. The van der Waals surface area contributed by atoms with Crippen LogP contribution >= 0.6 is 11.8 Å². The van der Waals surface area contributed by atoms with E-state index in [0.29, 0.717) is 24.4 Å². The van der Waals surface area contributed by atoms with Crippen LogP contribution < -0.4 is 21.7 Å². The molecule has 204 valence electrons. The predicted octanol–water partition coefficient (Wildman–Crippen LogP) is 2.70. The lowest BCUT2D eigenvalue weighted by molar-refractivity contribution is -0.829. The van der Waals surface area contributed by atoms with Crippen molar-refractivity contribution in [2.75, 3.05) is 44.6 Å². The van der Waals surface area contributed by atoms with Crippen molar-refractivity contribution in [2.45, 2.75) is 58.5 Å². The van der Waals surface area contributed by atoms with Crippen LogP contribution in [-0.4, -0.2) is 78.4 Å². The highest BCUT2D eigenvalue weighted by Gasteiger charge is 2.35. The molecule has 6 N–H and O–H groups in total. The third-order valence-electron chi connectivity index (χ3n) is 5.67. The number of amides is 4. The Morgan fingerprint density at radius 3 is 2.36 bits per heavy atom. The number of urea groups is 1. The third-order valence-corrected chi connectivity index (χ3v) is 6.86. The Hall–Kier alpha value is -2.37. The molecular weight excluding hydrogens is 485 g/mol. The van der Waals surface area contributed by atoms with Crippen LogP contribution in [0.15, 0.2) is 18.2 Å². The van der Waals surface area contributed by atoms with E-state index in [1.54, 1.807) is 0 Å². The fourth-order valence-electron chi connectivity index (χ4n) is 3.22. The molecule has 1 aromatic rings. The van der Waals surface area contributed by atoms with Gasteiger partial charge in [-0.1, -0.05) is 27.2 Å². The summed E-state index contributed by atoms with van der Waals surface area (Å²) in [7, 11) is 3.08. The number of nitrogens with two attached hydrogens (primary N) is 1. The molecule has 4 amide bonds. The van der Waals surface area contributed by atoms with Gasteiger partial charge in [0.25, 0.3) is 0 Å². The topological polar surface area (TPSA) is 134 Å². The summed E-state index contributed by atoms with van der Waals surface area (Å²) in [6.07, 6.45) is 3.87. The second kappa shape index (κ2) is 15.7. The Labute approximate surface area is 218 Å². The second-order valence-corrected chi connectivity index (χ2v) is 10.9. The minimum absolute atomic E-state index is 0.000791. The van der Waals surface area contributed by atoms with Gasteiger partial charge < -0.3 is 26.8 Å². The normalized spacial score (nSPS) is 18.2. The molecule has 1 aromatic carbocycles. The number of hydrogen-bond donors (Lipinski definition) is 5. The van der Waals surface area contributed by atoms with Gasteiger partial charge in [0.05, 0.1) is 37.4 Å². The van der Waals surface area contributed by atoms with Crippen molar-refractivity contribution in [1.29, 1.82) is 0 Å². The molecule has 0 radical (unpaired) electrons. The lowest BCUT2D eigenvalue weighted by Crippen LogP contribution is -2.46. The van der Waals surface area contributed by atoms with E-state index >= 15 is 0 Å². The van der Waals surface area contributed by atoms with Gasteiger partial charge in [-0.2, -0.15) is 11.8 Å². The Morgan fingerprint density at radius 2 is 1.86 bits per heavy atom. The van der Waals surface area contributed by atoms with Crippen molar-refractivity contribution < 1.29 is 28.4 Å². The van der Waals surface area contributed by atoms with E-state index in [2.05, 4.69) is 36.7 Å². The van der Waals surface area contributed by atoms with Crippen LogP contribution in [0.25, 0.3) is 0 Å². The third kappa shape index (κ3) is 11.1. The summed E-state index contributed by atoms with van der Waals surface area (Å²) in [5, 5.41) is 17.6. The largest absolute Gasteiger partial charge is 0.396 e. The molecule has 9 nitrogen and oxygen atoms in total. The number of hydrogen-bond acceptors (Lipinski definition) is 6. The molecule has 11 heteroatoms. The van der Waals surface area contributed by atoms with Gasteiger partial charge in [-0.05, 0) is 37.0 Å². The molecule has 0 aliphatic carbocycles. The number of nitrogen functional groups attached to an aromatic ring is 1. The number of halogens is 1. The fourth-order valence-corrected chi connectivity index (χ4v) is 4.49. The lowest BCUT2D eigenvalue weighted by Gasteiger charge is -2.23. The van der Waals surface area contributed by atoms with E-state index in [-0.39, 0.29) is 40.3 Å². The van der Waals surface area contributed by atoms with Crippen molar-refractivity contribution in [3.05, 3.63) is 29.6 Å². The Kier molecular flexibility index (Phi) is 13.8. The number of aliphatic hydroxyl groups is 1. The number of carbonyl (C=O) groups is 3. The van der Waals surface area contributed by atoms with E-state index in [9.17, 15) is 18.8 Å². The van der Waals surface area contributed by atoms with E-state index < -0.39 is 5.82 Å². The molecule has 2 saturated heterocycles. The van der Waals surface area contributed by atoms with Gasteiger partial charge in [0, 0.05) is 24.5 Å². The molecule has 3 rings (SSSR count). The summed E-state index contributed by atoms with van der Waals surface area (Å²) in [6, 6.07) is 4.67. The number of carbonyl (C=O) groups excluding carboxylic acids is 3. The molecular formula is C25H43FN5O4S+. The highest BCUT2D eigenvalue weighted by atomic mass is 32.2. The summed E-state index contributed by atoms with van der Waals surface area (Å²) in [5.41, 5.74) is 5.49. The first-order chi connectivity index (χ1) is 16.9. The maximum Gasteiger partial charge on any atom is 0.347 e. The van der Waals surface area contributed by atoms with Crippen LogP contribution in [0, 0.1) is 11.7 Å². The first-order valence-corrected chi connectivity index (χ1v) is 13.5. The summed E-state index contributed by atoms with van der Waals surface area (Å²) in [4.78, 5) is 33.5. The summed E-state index contributed by atoms with van der Waals surface area (Å²) in [5.74, 6) is 2.04. The summed E-state index contributed by atoms with van der Waals surface area (Å²) in [6.45, 7) is 6.92. The second-order valence-electron chi connectivity index (χ2n) is 9.87. The Bertz CT molecular complexity index is 855. The molecule has 2 aliphatic heterocycles. The van der Waals surface area contributed by atoms with Crippen LogP contribution in [0.3, 0.4) is 0 Å². The monoisotopic (exact) mass is 528 g/mol. The van der Waals surface area contributed by atoms with Gasteiger partial charge in [-0.15, -0.1) is 0 Å². The van der Waals surface area contributed by atoms with Gasteiger partial charge in [0.1, 0.15) is 5.82 Å². The molecule has 0 aromatic heterocycles. The smallest absolute Gasteiger partial charge is 0.347 e. The summed E-state index contributed by atoms with van der Waals surface area (Å²) >= 11 is 1.89. The van der Waals surface area contributed by atoms with Gasteiger partial charge in [0.15, 0.2) is 6.73 Å². The standard InChI is InChI=1S/C10H13FN2O2.C10H21NO.C5H8N2OS/c1-13(2,6-14)10(15)7-3-4-9(12)8(11)5-7;1-4-5-6-10(12)11-8-7-9(2)3;8-5-6-3-1-9-2-4(3)7-5/h3-5,14H,6H2,1-2H3,(H-,12,15);9H,4-8H2,1-3H3,(H,11,12);3-4H,1-2H2,(H2,6,7,8)/p+1. The van der Waals surface area contributed by atoms with Crippen molar-refractivity contribution in [3.8, 4) is 0 Å². The molecule has 0 bridgehead atoms. The van der Waals surface area contributed by atoms with E-state index in [0.717, 1.165) is 43.4 Å². The maximum absolute atomic E-state index is 13.1. The maximum atomic E-state index is 13.1. The molecule has 2 fully saturated rings. The van der Waals surface area contributed by atoms with E-state index in [1.807, 2.05) is 11.8 Å². The predicted molar refractivity (Wildman–Crippen MR) is 143 cm³/mol. The number of aliphatic hydroxyl groups excluding tert-OH is 1. The zero-order valence-corrected chi connectivity index (χ0v) is 22.9. The average molecular weight is 529 g/mol. The van der Waals surface area contributed by atoms with Gasteiger partial charge >= 0.3 is 11.9 Å². The van der Waals surface area contributed by atoms with Crippen LogP contribution in [0.4, 0.5) is 14.9 Å². The van der Waals surface area contributed by atoms with Crippen molar-refractivity contribution in [1.82, 2.24) is 16.0 Å². The minimum Gasteiger partial charge on any atom is -0.396 e. The van der Waals surface area contributed by atoms with Crippen LogP contribution in [0.1, 0.15) is 56.8 Å². The minimum atomic E-state index is -0.626. The average Bonchev–Trinajstić information content (AvgIpc) is 3.40. The van der Waals surface area contributed by atoms with Crippen LogP contribution in [0.5, 0.6) is 0 Å². The molecule has 2 unspecified atom stereocenters. The zero-order chi connectivity index (χ0) is 27.3. The van der Waals surface area contributed by atoms with Crippen molar-refractivity contribution >= 4 is 35.3 Å². The number of anilines is 1. The molecule has 2 atom stereocenters. The van der Waals surface area contributed by atoms with E-state index in [1.165, 1.54) is 26.2 Å². The number of nitrogens with zero attached hydrogens (tertiary/aromatic N) is 1. The Balaban J connectivity index is 0.000000278. The molecule has 2 heterocycles. The van der Waals surface area contributed by atoms with Crippen LogP contribution in [-0.2, 0) is 4.79 Å². The number of fused-ring (bicyclic) bond motifs is 1. The quantitative estimate of drug-likeness (QED) is 0.152. The molecule has 0 spiro atoms. The molecule has 2 aliphatic rings. The van der Waals surface area contributed by atoms with Crippen molar-refractivity contribution in [3.63, 3.8) is 0 Å². The number of quaternary nitrogens is 1. The lowest BCUT2D eigenvalue weighted by atomic mass is 10.1. The van der Waals surface area contributed by atoms with Gasteiger partial charge in [0.2, 0.25) is 5.91 Å². The highest BCUT2D eigenvalue weighted by Crippen LogP contribution is 2.20. The fraction of sp³-hybridized carbons (Fsp3) is 0.640. The summed E-state index contributed by atoms with van der Waals surface area (Å²) < 4.78 is 12.8. The van der Waals surface area contributed by atoms with Crippen LogP contribution in [0.2, 0.25) is 0 Å². The number of unbranched alkanes of at least 4 members (excludes halogenated alkanes) is 1. The van der Waals surface area contributed by atoms with Gasteiger partial charge in [-0.3, -0.25) is 4.79 Å². The number of thioether (sulfide) groups is 1. The number of benzene rings is 1. The number of nitrogens with one attached hydrogen (secondary N) is 3. The Morgan fingerprint density at radius 1 is 1.25 bits per heavy atom. The highest BCUT2D eigenvalue weighted by molar-refractivity contribution is 7.99. The van der Waals surface area contributed by atoms with Crippen molar-refractivity contribution in [2.24, 2.45) is 5.92 Å². The van der Waals surface area contributed by atoms with E-state index in [4.69, 9.17) is 10.8 Å². The SMILES string of the molecule is CCCCC(=O)NCCC(C)C.C[N+](C)(CO)C(=O)c1ccc(N)c(F)c1.O=C1NC2CSCC2N1. The van der Waals surface area contributed by atoms with Gasteiger partial charge in [-0.25, -0.2) is 18.5 Å². The first-order valence-electron chi connectivity index (χ1n) is 12.4.